The molecule has 0 unspecified atom stereocenters. The van der Waals surface area contributed by atoms with E-state index >= 15 is 0 Å². The molecule has 0 aliphatic heterocycles. The van der Waals surface area contributed by atoms with Crippen LogP contribution in [0.2, 0.25) is 10.0 Å². The number of ether oxygens (including phenoxy) is 1. The van der Waals surface area contributed by atoms with Gasteiger partial charge in [0.05, 0.1) is 27.9 Å². The van der Waals surface area contributed by atoms with Crippen molar-refractivity contribution in [2.75, 3.05) is 6.61 Å². The number of esters is 1. The summed E-state index contributed by atoms with van der Waals surface area (Å²) in [5, 5.41) is 11.4. The van der Waals surface area contributed by atoms with E-state index in [0.29, 0.717) is 15.2 Å². The molecule has 0 saturated heterocycles. The molecular weight excluding hydrogens is 433 g/mol. The third kappa shape index (κ3) is 4.08. The first-order valence-corrected chi connectivity index (χ1v) is 9.34. The number of fused-ring (bicyclic) bond motifs is 1. The van der Waals surface area contributed by atoms with Crippen molar-refractivity contribution in [1.82, 2.24) is 4.57 Å². The van der Waals surface area contributed by atoms with E-state index in [1.807, 2.05) is 0 Å². The highest BCUT2D eigenvalue weighted by atomic mass is 35.5. The van der Waals surface area contributed by atoms with E-state index in [9.17, 15) is 19.7 Å². The number of amides is 1. The van der Waals surface area contributed by atoms with Crippen LogP contribution >= 0.6 is 34.5 Å². The number of benzene rings is 1. The molecule has 1 aromatic carbocycles. The molecule has 12 heteroatoms. The molecule has 0 bridgehead atoms. The summed E-state index contributed by atoms with van der Waals surface area (Å²) < 4.78 is 11.8. The molecule has 28 heavy (non-hydrogen) atoms. The van der Waals surface area contributed by atoms with Gasteiger partial charge in [0.1, 0.15) is 11.5 Å². The fraction of sp³-hybridized carbons (Fsp3) is 0.188. The lowest BCUT2D eigenvalue weighted by molar-refractivity contribution is -0.402. The van der Waals surface area contributed by atoms with Gasteiger partial charge < -0.3 is 13.7 Å². The Labute approximate surface area is 170 Å². The summed E-state index contributed by atoms with van der Waals surface area (Å²) in [6.45, 7) is 1.61. The first-order valence-electron chi connectivity index (χ1n) is 7.77. The van der Waals surface area contributed by atoms with Crippen molar-refractivity contribution in [3.05, 3.63) is 55.0 Å². The fourth-order valence-electron chi connectivity index (χ4n) is 2.38. The Morgan fingerprint density at radius 2 is 2.11 bits per heavy atom. The summed E-state index contributed by atoms with van der Waals surface area (Å²) in [5.74, 6) is -2.28. The molecule has 0 spiro atoms. The van der Waals surface area contributed by atoms with Crippen molar-refractivity contribution >= 4 is 62.5 Å². The molecule has 2 aromatic heterocycles. The van der Waals surface area contributed by atoms with Crippen LogP contribution in [0.15, 0.2) is 33.7 Å². The van der Waals surface area contributed by atoms with Gasteiger partial charge in [0.25, 0.3) is 0 Å². The maximum Gasteiger partial charge on any atom is 0.433 e. The SMILES string of the molecule is CCOC(=O)Cn1c(=NC(=O)c2ccc([N+](=O)[O-])o2)sc2cc(Cl)cc(Cl)c21. The van der Waals surface area contributed by atoms with Gasteiger partial charge >= 0.3 is 17.8 Å². The zero-order valence-electron chi connectivity index (χ0n) is 14.2. The first-order chi connectivity index (χ1) is 13.3. The summed E-state index contributed by atoms with van der Waals surface area (Å²) in [6, 6.07) is 5.32. The lowest BCUT2D eigenvalue weighted by Gasteiger charge is -2.06. The standard InChI is InChI=1S/C16H11Cl2N3O6S/c1-2-26-13(22)7-20-14-9(18)5-8(17)6-11(14)28-16(20)19-15(23)10-3-4-12(27-10)21(24)25/h3-6H,2,7H2,1H3. The van der Waals surface area contributed by atoms with Gasteiger partial charge in [-0.3, -0.25) is 19.7 Å². The molecule has 0 aliphatic carbocycles. The summed E-state index contributed by atoms with van der Waals surface area (Å²) in [7, 11) is 0. The molecule has 9 nitrogen and oxygen atoms in total. The highest BCUT2D eigenvalue weighted by Gasteiger charge is 2.19. The molecule has 1 amide bonds. The molecule has 0 radical (unpaired) electrons. The van der Waals surface area contributed by atoms with Gasteiger partial charge in [-0.1, -0.05) is 34.5 Å². The monoisotopic (exact) mass is 443 g/mol. The number of hydrogen-bond donors (Lipinski definition) is 0. The van der Waals surface area contributed by atoms with Gasteiger partial charge in [-0.2, -0.15) is 4.99 Å². The second kappa shape index (κ2) is 8.13. The molecule has 3 aromatic rings. The molecule has 0 aliphatic rings. The van der Waals surface area contributed by atoms with Gasteiger partial charge in [-0.05, 0) is 25.1 Å². The van der Waals surface area contributed by atoms with Crippen LogP contribution in [0.1, 0.15) is 17.5 Å². The Kier molecular flexibility index (Phi) is 5.82. The molecule has 2 heterocycles. The zero-order valence-corrected chi connectivity index (χ0v) is 16.5. The number of nitro groups is 1. The van der Waals surface area contributed by atoms with Crippen molar-refractivity contribution in [3.8, 4) is 0 Å². The second-order valence-corrected chi connectivity index (χ2v) is 7.17. The Balaban J connectivity index is 2.13. The van der Waals surface area contributed by atoms with E-state index in [2.05, 4.69) is 4.99 Å². The van der Waals surface area contributed by atoms with E-state index in [1.165, 1.54) is 10.6 Å². The van der Waals surface area contributed by atoms with Gasteiger partial charge in [-0.25, -0.2) is 0 Å². The van der Waals surface area contributed by atoms with E-state index in [4.69, 9.17) is 32.4 Å². The largest absolute Gasteiger partial charge is 0.465 e. The van der Waals surface area contributed by atoms with Crippen LogP contribution in [0.25, 0.3) is 10.2 Å². The van der Waals surface area contributed by atoms with Gasteiger partial charge in [0.15, 0.2) is 4.80 Å². The summed E-state index contributed by atoms with van der Waals surface area (Å²) in [5.41, 5.74) is 0.459. The van der Waals surface area contributed by atoms with Gasteiger partial charge in [-0.15, -0.1) is 0 Å². The summed E-state index contributed by atoms with van der Waals surface area (Å²) >= 11 is 13.4. The van der Waals surface area contributed by atoms with Gasteiger partial charge in [0.2, 0.25) is 5.76 Å². The molecular formula is C16H11Cl2N3O6S. The molecule has 0 N–H and O–H groups in total. The van der Waals surface area contributed by atoms with Crippen LogP contribution in [0.3, 0.4) is 0 Å². The predicted octanol–water partition coefficient (Wildman–Crippen LogP) is 3.82. The summed E-state index contributed by atoms with van der Waals surface area (Å²) in [6.07, 6.45) is 0. The molecule has 0 fully saturated rings. The van der Waals surface area contributed by atoms with Crippen molar-refractivity contribution in [2.24, 2.45) is 4.99 Å². The maximum atomic E-state index is 12.4. The van der Waals surface area contributed by atoms with Crippen molar-refractivity contribution in [3.63, 3.8) is 0 Å². The smallest absolute Gasteiger partial charge is 0.433 e. The number of carbonyl (C=O) groups excluding carboxylic acids is 2. The number of carbonyl (C=O) groups is 2. The van der Waals surface area contributed by atoms with Crippen LogP contribution in [-0.4, -0.2) is 28.0 Å². The minimum atomic E-state index is -0.848. The predicted molar refractivity (Wildman–Crippen MR) is 102 cm³/mol. The van der Waals surface area contributed by atoms with Crippen LogP contribution in [-0.2, 0) is 16.1 Å². The van der Waals surface area contributed by atoms with E-state index in [0.717, 1.165) is 23.5 Å². The van der Waals surface area contributed by atoms with Crippen LogP contribution in [0, 0.1) is 10.1 Å². The van der Waals surface area contributed by atoms with Crippen molar-refractivity contribution in [1.29, 1.82) is 0 Å². The minimum absolute atomic E-state index is 0.135. The van der Waals surface area contributed by atoms with Crippen molar-refractivity contribution in [2.45, 2.75) is 13.5 Å². The summed E-state index contributed by atoms with van der Waals surface area (Å²) in [4.78, 5) is 38.4. The van der Waals surface area contributed by atoms with Gasteiger partial charge in [0, 0.05) is 5.02 Å². The van der Waals surface area contributed by atoms with E-state index in [-0.39, 0.29) is 28.7 Å². The highest BCUT2D eigenvalue weighted by Crippen LogP contribution is 2.30. The normalized spacial score (nSPS) is 11.8. The number of nitrogens with zero attached hydrogens (tertiary/aromatic N) is 3. The minimum Gasteiger partial charge on any atom is -0.465 e. The average Bonchev–Trinajstić information content (AvgIpc) is 3.21. The fourth-order valence-corrected chi connectivity index (χ4v) is 4.19. The zero-order chi connectivity index (χ0) is 20.4. The molecule has 0 saturated carbocycles. The van der Waals surface area contributed by atoms with Crippen LogP contribution in [0.5, 0.6) is 0 Å². The lowest BCUT2D eigenvalue weighted by Crippen LogP contribution is -2.23. The van der Waals surface area contributed by atoms with Crippen LogP contribution in [0.4, 0.5) is 5.88 Å². The van der Waals surface area contributed by atoms with E-state index in [1.54, 1.807) is 13.0 Å². The highest BCUT2D eigenvalue weighted by molar-refractivity contribution is 7.16. The Morgan fingerprint density at radius 1 is 1.36 bits per heavy atom. The first kappa shape index (κ1) is 20.1. The molecule has 146 valence electrons. The topological polar surface area (TPSA) is 117 Å². The number of furan rings is 1. The number of halogens is 2. The van der Waals surface area contributed by atoms with Crippen LogP contribution < -0.4 is 4.80 Å². The quantitative estimate of drug-likeness (QED) is 0.336. The Bertz CT molecular complexity index is 1160. The average molecular weight is 444 g/mol. The van der Waals surface area contributed by atoms with Crippen molar-refractivity contribution < 1.29 is 23.7 Å². The maximum absolute atomic E-state index is 12.4. The Hall–Kier alpha value is -2.69. The Morgan fingerprint density at radius 3 is 2.75 bits per heavy atom. The third-order valence-electron chi connectivity index (χ3n) is 3.47. The number of hydrogen-bond acceptors (Lipinski definition) is 7. The molecule has 0 atom stereocenters. The third-order valence-corrected chi connectivity index (χ3v) is 5.00. The number of rotatable bonds is 5. The molecule has 3 rings (SSSR count). The number of aromatic nitrogens is 1. The van der Waals surface area contributed by atoms with E-state index < -0.39 is 22.7 Å². The number of thiazole rings is 1. The lowest BCUT2D eigenvalue weighted by atomic mass is 10.3. The second-order valence-electron chi connectivity index (χ2n) is 5.32.